The predicted octanol–water partition coefficient (Wildman–Crippen LogP) is 4.79. The van der Waals surface area contributed by atoms with Crippen molar-refractivity contribution >= 4 is 10.1 Å². The molecule has 2 aliphatic carbocycles. The van der Waals surface area contributed by atoms with Gasteiger partial charge >= 0.3 is 0 Å². The summed E-state index contributed by atoms with van der Waals surface area (Å²) in [6.45, 7) is 0. The topological polar surface area (TPSA) is 54.4 Å². The van der Waals surface area contributed by atoms with Crippen LogP contribution in [-0.4, -0.2) is 13.0 Å². The van der Waals surface area contributed by atoms with Crippen LogP contribution >= 0.6 is 0 Å². The minimum Gasteiger partial charge on any atom is -0.282 e. The molecule has 122 valence electrons. The van der Waals surface area contributed by atoms with E-state index in [1.165, 1.54) is 44.9 Å². The van der Waals surface area contributed by atoms with Gasteiger partial charge in [-0.15, -0.1) is 0 Å². The van der Waals surface area contributed by atoms with Gasteiger partial charge in [0.1, 0.15) is 0 Å². The zero-order valence-electron chi connectivity index (χ0n) is 13.1. The lowest BCUT2D eigenvalue weighted by atomic mass is 9.66. The summed E-state index contributed by atoms with van der Waals surface area (Å²) in [4.78, 5) is 0.128. The van der Waals surface area contributed by atoms with Crippen LogP contribution in [0.15, 0.2) is 29.2 Å². The standard InChI is InChI=1S/C18H26O3S/c19-22(20,21)18-13-7-6-12-17(18)16-11-5-4-10-15(16)14-8-2-1-3-9-14/h6-7,12-16H,1-5,8-11H2,(H,19,20,21). The molecule has 2 fully saturated rings. The van der Waals surface area contributed by atoms with E-state index in [0.717, 1.165) is 24.3 Å². The number of rotatable bonds is 3. The zero-order chi connectivity index (χ0) is 15.6. The van der Waals surface area contributed by atoms with Crippen molar-refractivity contribution in [2.24, 2.45) is 11.8 Å². The lowest BCUT2D eigenvalue weighted by Gasteiger charge is -2.39. The maximum atomic E-state index is 11.7. The third-order valence-electron chi connectivity index (χ3n) is 5.67. The molecule has 0 saturated heterocycles. The fourth-order valence-electron chi connectivity index (χ4n) is 4.69. The van der Waals surface area contributed by atoms with E-state index < -0.39 is 10.1 Å². The normalized spacial score (nSPS) is 27.7. The Hall–Kier alpha value is -0.870. The highest BCUT2D eigenvalue weighted by Crippen LogP contribution is 2.47. The van der Waals surface area contributed by atoms with Crippen molar-refractivity contribution in [3.05, 3.63) is 29.8 Å². The molecule has 0 radical (unpaired) electrons. The van der Waals surface area contributed by atoms with Crippen LogP contribution < -0.4 is 0 Å². The third kappa shape index (κ3) is 3.38. The van der Waals surface area contributed by atoms with Crippen molar-refractivity contribution in [3.63, 3.8) is 0 Å². The average molecular weight is 322 g/mol. The Balaban J connectivity index is 1.94. The molecule has 0 aliphatic heterocycles. The second-order valence-corrected chi connectivity index (χ2v) is 8.36. The van der Waals surface area contributed by atoms with Gasteiger partial charge < -0.3 is 0 Å². The monoisotopic (exact) mass is 322 g/mol. The van der Waals surface area contributed by atoms with Gasteiger partial charge in [0.15, 0.2) is 0 Å². The molecule has 0 bridgehead atoms. The molecule has 1 aromatic rings. The molecule has 0 aromatic heterocycles. The van der Waals surface area contributed by atoms with E-state index in [1.807, 2.05) is 12.1 Å². The molecule has 1 aromatic carbocycles. The van der Waals surface area contributed by atoms with Crippen molar-refractivity contribution in [1.29, 1.82) is 0 Å². The van der Waals surface area contributed by atoms with Gasteiger partial charge in [0.2, 0.25) is 0 Å². The first-order chi connectivity index (χ1) is 10.6. The molecule has 22 heavy (non-hydrogen) atoms. The van der Waals surface area contributed by atoms with Crippen LogP contribution in [0.1, 0.15) is 69.3 Å². The highest BCUT2D eigenvalue weighted by atomic mass is 32.2. The molecular formula is C18H26O3S. The fourth-order valence-corrected chi connectivity index (χ4v) is 5.46. The summed E-state index contributed by atoms with van der Waals surface area (Å²) in [6, 6.07) is 7.06. The molecule has 4 heteroatoms. The number of hydrogen-bond donors (Lipinski definition) is 1. The maximum Gasteiger partial charge on any atom is 0.294 e. The minimum atomic E-state index is -4.14. The lowest BCUT2D eigenvalue weighted by molar-refractivity contribution is 0.168. The van der Waals surface area contributed by atoms with Crippen LogP contribution in [-0.2, 0) is 10.1 Å². The Morgan fingerprint density at radius 3 is 2.23 bits per heavy atom. The molecular weight excluding hydrogens is 296 g/mol. The van der Waals surface area contributed by atoms with Gasteiger partial charge in [0.25, 0.3) is 10.1 Å². The smallest absolute Gasteiger partial charge is 0.282 e. The van der Waals surface area contributed by atoms with Gasteiger partial charge in [-0.3, -0.25) is 4.55 Å². The minimum absolute atomic E-state index is 0.128. The van der Waals surface area contributed by atoms with Crippen LogP contribution in [0, 0.1) is 11.8 Å². The van der Waals surface area contributed by atoms with Crippen molar-refractivity contribution in [2.45, 2.75) is 68.6 Å². The lowest BCUT2D eigenvalue weighted by Crippen LogP contribution is -2.28. The Morgan fingerprint density at radius 2 is 1.50 bits per heavy atom. The molecule has 2 atom stereocenters. The van der Waals surface area contributed by atoms with Crippen LogP contribution in [0.5, 0.6) is 0 Å². The SMILES string of the molecule is O=S(=O)(O)c1ccccc1C1CCCCC1C1CCCCC1. The summed E-state index contributed by atoms with van der Waals surface area (Å²) in [5.74, 6) is 1.60. The predicted molar refractivity (Wildman–Crippen MR) is 87.5 cm³/mol. The number of benzene rings is 1. The van der Waals surface area contributed by atoms with E-state index in [-0.39, 0.29) is 10.8 Å². The quantitative estimate of drug-likeness (QED) is 0.814. The van der Waals surface area contributed by atoms with E-state index in [2.05, 4.69) is 0 Å². The first-order valence-electron chi connectivity index (χ1n) is 8.64. The van der Waals surface area contributed by atoms with E-state index in [4.69, 9.17) is 0 Å². The van der Waals surface area contributed by atoms with Crippen molar-refractivity contribution in [3.8, 4) is 0 Å². The first kappa shape index (κ1) is 16.0. The van der Waals surface area contributed by atoms with E-state index >= 15 is 0 Å². The van der Waals surface area contributed by atoms with Crippen LogP contribution in [0.4, 0.5) is 0 Å². The zero-order valence-corrected chi connectivity index (χ0v) is 13.9. The van der Waals surface area contributed by atoms with E-state index in [1.54, 1.807) is 12.1 Å². The third-order valence-corrected chi connectivity index (χ3v) is 6.60. The van der Waals surface area contributed by atoms with Crippen LogP contribution in [0.25, 0.3) is 0 Å². The summed E-state index contributed by atoms with van der Waals surface area (Å²) in [6.07, 6.45) is 11.2. The van der Waals surface area contributed by atoms with Gasteiger partial charge in [-0.05, 0) is 42.2 Å². The Bertz CT molecular complexity index is 603. The molecule has 0 amide bonds. The molecule has 2 unspecified atom stereocenters. The summed E-state index contributed by atoms with van der Waals surface area (Å²) in [5.41, 5.74) is 0.847. The van der Waals surface area contributed by atoms with Gasteiger partial charge in [0, 0.05) is 0 Å². The Morgan fingerprint density at radius 1 is 0.864 bits per heavy atom. The summed E-state index contributed by atoms with van der Waals surface area (Å²) in [7, 11) is -4.14. The summed E-state index contributed by atoms with van der Waals surface area (Å²) < 4.78 is 33.0. The van der Waals surface area contributed by atoms with Gasteiger partial charge in [-0.1, -0.05) is 63.1 Å². The van der Waals surface area contributed by atoms with Crippen LogP contribution in [0.3, 0.4) is 0 Å². The molecule has 2 saturated carbocycles. The van der Waals surface area contributed by atoms with Crippen molar-refractivity contribution in [2.75, 3.05) is 0 Å². The van der Waals surface area contributed by atoms with E-state index in [9.17, 15) is 13.0 Å². The molecule has 1 N–H and O–H groups in total. The first-order valence-corrected chi connectivity index (χ1v) is 10.1. The molecule has 3 rings (SSSR count). The summed E-state index contributed by atoms with van der Waals surface area (Å²) >= 11 is 0. The second kappa shape index (κ2) is 6.71. The van der Waals surface area contributed by atoms with Gasteiger partial charge in [0.05, 0.1) is 4.90 Å². The van der Waals surface area contributed by atoms with Crippen LogP contribution in [0.2, 0.25) is 0 Å². The molecule has 0 spiro atoms. The summed E-state index contributed by atoms with van der Waals surface area (Å²) in [5, 5.41) is 0. The largest absolute Gasteiger partial charge is 0.294 e. The van der Waals surface area contributed by atoms with Crippen molar-refractivity contribution < 1.29 is 13.0 Å². The second-order valence-electron chi connectivity index (χ2n) is 6.97. The fraction of sp³-hybridized carbons (Fsp3) is 0.667. The molecule has 2 aliphatic rings. The van der Waals surface area contributed by atoms with Crippen molar-refractivity contribution in [1.82, 2.24) is 0 Å². The Kier molecular flexibility index (Phi) is 4.88. The maximum absolute atomic E-state index is 11.7. The van der Waals surface area contributed by atoms with Gasteiger partial charge in [-0.2, -0.15) is 8.42 Å². The highest BCUT2D eigenvalue weighted by Gasteiger charge is 2.35. The highest BCUT2D eigenvalue weighted by molar-refractivity contribution is 7.85. The Labute approximate surface area is 133 Å². The van der Waals surface area contributed by atoms with E-state index in [0.29, 0.717) is 5.92 Å². The molecule has 3 nitrogen and oxygen atoms in total. The molecule has 0 heterocycles. The average Bonchev–Trinajstić information content (AvgIpc) is 2.55. The number of hydrogen-bond acceptors (Lipinski definition) is 2. The van der Waals surface area contributed by atoms with Gasteiger partial charge in [-0.25, -0.2) is 0 Å².